The summed E-state index contributed by atoms with van der Waals surface area (Å²) in [5, 5.41) is 25.4. The van der Waals surface area contributed by atoms with Crippen molar-refractivity contribution in [1.29, 1.82) is 0 Å². The first-order valence-electron chi connectivity index (χ1n) is 13.8. The quantitative estimate of drug-likeness (QED) is 0.113. The van der Waals surface area contributed by atoms with Crippen LogP contribution in [-0.2, 0) is 19.4 Å². The van der Waals surface area contributed by atoms with Gasteiger partial charge in [0.15, 0.2) is 5.16 Å². The molecule has 0 unspecified atom stereocenters. The van der Waals surface area contributed by atoms with E-state index in [0.29, 0.717) is 5.82 Å². The molecule has 0 fully saturated rings. The molecule has 0 bridgehead atoms. The van der Waals surface area contributed by atoms with Crippen molar-refractivity contribution in [2.24, 2.45) is 0 Å². The van der Waals surface area contributed by atoms with Crippen LogP contribution >= 0.6 is 11.8 Å². The number of tetrazole rings is 1. The van der Waals surface area contributed by atoms with Gasteiger partial charge in [-0.15, -0.1) is 10.2 Å². The van der Waals surface area contributed by atoms with E-state index in [2.05, 4.69) is 118 Å². The zero-order valence-electron chi connectivity index (χ0n) is 23.8. The van der Waals surface area contributed by atoms with Crippen LogP contribution in [0.5, 0.6) is 0 Å². The van der Waals surface area contributed by atoms with Gasteiger partial charge in [-0.1, -0.05) is 104 Å². The second-order valence-electron chi connectivity index (χ2n) is 10.1. The van der Waals surface area contributed by atoms with E-state index < -0.39 is 19.8 Å². The van der Waals surface area contributed by atoms with Crippen molar-refractivity contribution in [2.75, 3.05) is 5.75 Å². The number of rotatable bonds is 11. The SMILES string of the molecule is CCCCc1nnc(SCCc2ccccc2)n1Cc1ccc(-c2ccccc2-c2nnn[n-]2)cc1.[CH3][Sn+]([CH3])[CH3]. The summed E-state index contributed by atoms with van der Waals surface area (Å²) in [6.45, 7) is 2.96. The number of hydrogen-bond acceptors (Lipinski definition) is 6. The average molecular weight is 658 g/mol. The van der Waals surface area contributed by atoms with E-state index >= 15 is 0 Å². The molecule has 9 heteroatoms. The Hall–Kier alpha value is -2.98. The van der Waals surface area contributed by atoms with Crippen molar-refractivity contribution in [1.82, 2.24) is 35.4 Å². The van der Waals surface area contributed by atoms with Crippen LogP contribution in [0, 0.1) is 0 Å². The Morgan fingerprint density at radius 2 is 1.48 bits per heavy atom. The summed E-state index contributed by atoms with van der Waals surface area (Å²) in [5.74, 6) is 2.57. The standard InChI is InChI=1S/C28H28N7S.3CH3.Sn/c1-2-3-13-26-29-32-28(36-19-18-21-9-5-4-6-10-21)35(26)20-22-14-16-23(17-15-22)24-11-7-8-12-25(24)27-30-33-34-31-27;;;;/h4-12,14-17H,2-3,13,18-20H2,1H3;3*1H3;/q-1;;;;+1. The van der Waals surface area contributed by atoms with Gasteiger partial charge in [0.25, 0.3) is 0 Å². The monoisotopic (exact) mass is 659 g/mol. The molecule has 5 rings (SSSR count). The van der Waals surface area contributed by atoms with E-state index in [1.807, 2.05) is 18.2 Å². The Morgan fingerprint density at radius 3 is 2.15 bits per heavy atom. The summed E-state index contributed by atoms with van der Waals surface area (Å²) in [4.78, 5) is 7.09. The summed E-state index contributed by atoms with van der Waals surface area (Å²) in [5.41, 5.74) is 5.65. The molecule has 0 radical (unpaired) electrons. The molecular weight excluding hydrogens is 621 g/mol. The van der Waals surface area contributed by atoms with Crippen LogP contribution in [0.1, 0.15) is 36.7 Å². The molecule has 0 saturated carbocycles. The fourth-order valence-corrected chi connectivity index (χ4v) is 5.11. The van der Waals surface area contributed by atoms with Crippen LogP contribution in [0.15, 0.2) is 84.0 Å². The third-order valence-corrected chi connectivity index (χ3v) is 7.07. The molecule has 206 valence electrons. The van der Waals surface area contributed by atoms with Crippen molar-refractivity contribution >= 4 is 31.5 Å². The van der Waals surface area contributed by atoms with Crippen LogP contribution in [0.3, 0.4) is 0 Å². The van der Waals surface area contributed by atoms with Gasteiger partial charge in [-0.25, -0.2) is 0 Å². The van der Waals surface area contributed by atoms with Crippen molar-refractivity contribution < 1.29 is 0 Å². The van der Waals surface area contributed by atoms with E-state index in [-0.39, 0.29) is 0 Å². The van der Waals surface area contributed by atoms with Crippen LogP contribution in [0.2, 0.25) is 14.8 Å². The van der Waals surface area contributed by atoms with Crippen molar-refractivity contribution in [3.8, 4) is 22.5 Å². The fourth-order valence-electron chi connectivity index (χ4n) is 4.16. The van der Waals surface area contributed by atoms with Gasteiger partial charge in [-0.05, 0) is 40.7 Å². The summed E-state index contributed by atoms with van der Waals surface area (Å²) < 4.78 is 2.28. The minimum atomic E-state index is -0.543. The summed E-state index contributed by atoms with van der Waals surface area (Å²) in [6, 6.07) is 27.3. The number of hydrogen-bond donors (Lipinski definition) is 0. The van der Waals surface area contributed by atoms with Crippen LogP contribution < -0.4 is 5.10 Å². The predicted molar refractivity (Wildman–Crippen MR) is 166 cm³/mol. The molecule has 0 N–H and O–H groups in total. The Balaban J connectivity index is 0.000000867. The summed E-state index contributed by atoms with van der Waals surface area (Å²) >= 11 is 1.24. The molecule has 0 aliphatic rings. The van der Waals surface area contributed by atoms with E-state index in [4.69, 9.17) is 0 Å². The zero-order chi connectivity index (χ0) is 28.2. The Labute approximate surface area is 249 Å². The molecular formula is C31H37N7SSn. The van der Waals surface area contributed by atoms with Gasteiger partial charge < -0.3 is 9.67 Å². The van der Waals surface area contributed by atoms with Crippen molar-refractivity contribution in [3.63, 3.8) is 0 Å². The molecule has 2 heterocycles. The third-order valence-electron chi connectivity index (χ3n) is 6.10. The molecule has 0 amide bonds. The normalized spacial score (nSPS) is 10.7. The average Bonchev–Trinajstić information content (AvgIpc) is 3.64. The van der Waals surface area contributed by atoms with E-state index in [0.717, 1.165) is 65.7 Å². The second kappa shape index (κ2) is 15.7. The fraction of sp³-hybridized carbons (Fsp3) is 0.323. The van der Waals surface area contributed by atoms with Gasteiger partial charge in [0.1, 0.15) is 5.82 Å². The Kier molecular flexibility index (Phi) is 11.8. The first-order valence-corrected chi connectivity index (χ1v) is 23.3. The van der Waals surface area contributed by atoms with Gasteiger partial charge in [-0.3, -0.25) is 10.3 Å². The molecule has 0 spiro atoms. The summed E-state index contributed by atoms with van der Waals surface area (Å²) in [7, 11) is 0. The summed E-state index contributed by atoms with van der Waals surface area (Å²) in [6.07, 6.45) is 4.19. The van der Waals surface area contributed by atoms with Crippen molar-refractivity contribution in [2.45, 2.75) is 59.1 Å². The first kappa shape index (κ1) is 30.0. The van der Waals surface area contributed by atoms with Crippen LogP contribution in [-0.4, -0.2) is 55.8 Å². The zero-order valence-corrected chi connectivity index (χ0v) is 27.5. The molecule has 0 aliphatic carbocycles. The molecule has 2 aromatic heterocycles. The van der Waals surface area contributed by atoms with Crippen molar-refractivity contribution in [3.05, 3.63) is 95.8 Å². The van der Waals surface area contributed by atoms with Gasteiger partial charge in [0.05, 0.1) is 6.54 Å². The van der Waals surface area contributed by atoms with Gasteiger partial charge in [0, 0.05) is 18.0 Å². The molecule has 40 heavy (non-hydrogen) atoms. The molecule has 3 aromatic carbocycles. The number of thioether (sulfide) groups is 1. The number of unbranched alkanes of at least 4 members (excludes halogenated alkanes) is 1. The maximum atomic E-state index is 4.55. The van der Waals surface area contributed by atoms with Crippen LogP contribution in [0.4, 0.5) is 0 Å². The van der Waals surface area contributed by atoms with Gasteiger partial charge >= 0.3 is 34.6 Å². The van der Waals surface area contributed by atoms with Gasteiger partial charge in [-0.2, -0.15) is 5.21 Å². The predicted octanol–water partition coefficient (Wildman–Crippen LogP) is 6.85. The molecule has 0 aliphatic heterocycles. The topological polar surface area (TPSA) is 83.5 Å². The number of aromatic nitrogens is 7. The number of benzene rings is 3. The number of aryl methyl sites for hydroxylation is 2. The minimum absolute atomic E-state index is 0.539. The Bertz CT molecular complexity index is 1420. The Morgan fingerprint density at radius 1 is 0.775 bits per heavy atom. The first-order chi connectivity index (χ1) is 19.5. The van der Waals surface area contributed by atoms with E-state index in [1.54, 1.807) is 11.8 Å². The third kappa shape index (κ3) is 8.76. The van der Waals surface area contributed by atoms with Crippen LogP contribution in [0.25, 0.3) is 22.5 Å². The molecule has 5 aromatic rings. The molecule has 0 saturated heterocycles. The number of nitrogens with zero attached hydrogens (tertiary/aromatic N) is 7. The second-order valence-corrected chi connectivity index (χ2v) is 19.7. The molecule has 7 nitrogen and oxygen atoms in total. The maximum absolute atomic E-state index is 4.55. The molecule has 0 atom stereocenters. The van der Waals surface area contributed by atoms with E-state index in [1.165, 1.54) is 11.1 Å². The van der Waals surface area contributed by atoms with E-state index in [9.17, 15) is 0 Å². The van der Waals surface area contributed by atoms with Gasteiger partial charge in [0.2, 0.25) is 0 Å².